The van der Waals surface area contributed by atoms with Gasteiger partial charge in [-0.05, 0) is 38.1 Å². The van der Waals surface area contributed by atoms with Gasteiger partial charge in [0.25, 0.3) is 0 Å². The minimum Gasteiger partial charge on any atom is -0.467 e. The third kappa shape index (κ3) is 4.26. The van der Waals surface area contributed by atoms with Gasteiger partial charge in [0.15, 0.2) is 0 Å². The SMILES string of the molecule is O=C(C1CCNCC1)N(Cc1ccco1)CC(F)(F)F. The van der Waals surface area contributed by atoms with Crippen LogP contribution >= 0.6 is 0 Å². The molecule has 1 amide bonds. The first-order chi connectivity index (χ1) is 9.46. The minimum atomic E-state index is -4.41. The number of nitrogens with zero attached hydrogens (tertiary/aromatic N) is 1. The van der Waals surface area contributed by atoms with E-state index in [1.807, 2.05) is 0 Å². The first-order valence-electron chi connectivity index (χ1n) is 6.54. The number of halogens is 3. The van der Waals surface area contributed by atoms with Crippen LogP contribution in [-0.2, 0) is 11.3 Å². The summed E-state index contributed by atoms with van der Waals surface area (Å²) in [6.07, 6.45) is -1.87. The highest BCUT2D eigenvalue weighted by Gasteiger charge is 2.36. The lowest BCUT2D eigenvalue weighted by Gasteiger charge is -2.29. The van der Waals surface area contributed by atoms with Gasteiger partial charge in [0.1, 0.15) is 12.3 Å². The molecule has 2 rings (SSSR count). The molecule has 0 aromatic carbocycles. The lowest BCUT2D eigenvalue weighted by atomic mass is 9.96. The van der Waals surface area contributed by atoms with Crippen molar-refractivity contribution in [3.63, 3.8) is 0 Å². The fourth-order valence-corrected chi connectivity index (χ4v) is 2.35. The van der Waals surface area contributed by atoms with E-state index in [9.17, 15) is 18.0 Å². The molecule has 1 aromatic rings. The van der Waals surface area contributed by atoms with Gasteiger partial charge in [-0.3, -0.25) is 4.79 Å². The molecule has 1 aliphatic heterocycles. The maximum absolute atomic E-state index is 12.6. The molecule has 0 unspecified atom stereocenters. The molecule has 1 N–H and O–H groups in total. The van der Waals surface area contributed by atoms with E-state index >= 15 is 0 Å². The van der Waals surface area contributed by atoms with E-state index < -0.39 is 18.6 Å². The lowest BCUT2D eigenvalue weighted by Crippen LogP contribution is -2.44. The molecule has 4 nitrogen and oxygen atoms in total. The van der Waals surface area contributed by atoms with Gasteiger partial charge < -0.3 is 14.6 Å². The van der Waals surface area contributed by atoms with Gasteiger partial charge in [0, 0.05) is 5.92 Å². The number of furan rings is 1. The molecule has 0 aliphatic carbocycles. The zero-order chi connectivity index (χ0) is 14.6. The van der Waals surface area contributed by atoms with Crippen molar-refractivity contribution in [3.05, 3.63) is 24.2 Å². The maximum atomic E-state index is 12.6. The van der Waals surface area contributed by atoms with E-state index in [2.05, 4.69) is 5.32 Å². The van der Waals surface area contributed by atoms with E-state index in [-0.39, 0.29) is 12.5 Å². The summed E-state index contributed by atoms with van der Waals surface area (Å²) in [5.74, 6) is -0.426. The fraction of sp³-hybridized carbons (Fsp3) is 0.615. The summed E-state index contributed by atoms with van der Waals surface area (Å²) in [5.41, 5.74) is 0. The summed E-state index contributed by atoms with van der Waals surface area (Å²) >= 11 is 0. The molecule has 7 heteroatoms. The Morgan fingerprint density at radius 2 is 2.10 bits per heavy atom. The van der Waals surface area contributed by atoms with E-state index in [0.29, 0.717) is 31.7 Å². The molecule has 0 saturated carbocycles. The first kappa shape index (κ1) is 14.9. The Kier molecular flexibility index (Phi) is 4.69. The van der Waals surface area contributed by atoms with Crippen molar-refractivity contribution in [2.45, 2.75) is 25.6 Å². The summed E-state index contributed by atoms with van der Waals surface area (Å²) in [5, 5.41) is 3.09. The number of rotatable bonds is 4. The zero-order valence-corrected chi connectivity index (χ0v) is 10.9. The van der Waals surface area contributed by atoms with Gasteiger partial charge in [0.2, 0.25) is 5.91 Å². The molecule has 0 bridgehead atoms. The highest BCUT2D eigenvalue weighted by atomic mass is 19.4. The van der Waals surface area contributed by atoms with Crippen molar-refractivity contribution in [2.75, 3.05) is 19.6 Å². The maximum Gasteiger partial charge on any atom is 0.406 e. The van der Waals surface area contributed by atoms with E-state index in [4.69, 9.17) is 4.42 Å². The molecule has 1 aliphatic rings. The first-order valence-corrected chi connectivity index (χ1v) is 6.54. The Morgan fingerprint density at radius 1 is 1.40 bits per heavy atom. The normalized spacial score (nSPS) is 17.1. The molecule has 20 heavy (non-hydrogen) atoms. The molecule has 0 radical (unpaired) electrons. The van der Waals surface area contributed by atoms with Crippen LogP contribution in [0.1, 0.15) is 18.6 Å². The van der Waals surface area contributed by atoms with Gasteiger partial charge in [-0.1, -0.05) is 0 Å². The molecule has 0 atom stereocenters. The standard InChI is InChI=1S/C13H17F3N2O2/c14-13(15,16)9-18(8-11-2-1-7-20-11)12(19)10-3-5-17-6-4-10/h1-2,7,10,17H,3-6,8-9H2. The average molecular weight is 290 g/mol. The van der Waals surface area contributed by atoms with Crippen LogP contribution in [-0.4, -0.2) is 36.6 Å². The van der Waals surface area contributed by atoms with Crippen molar-refractivity contribution >= 4 is 5.91 Å². The summed E-state index contributed by atoms with van der Waals surface area (Å²) in [6, 6.07) is 3.16. The molecule has 1 saturated heterocycles. The third-order valence-corrected chi connectivity index (χ3v) is 3.30. The second-order valence-corrected chi connectivity index (χ2v) is 4.91. The van der Waals surface area contributed by atoms with E-state index in [0.717, 1.165) is 4.90 Å². The topological polar surface area (TPSA) is 45.5 Å². The zero-order valence-electron chi connectivity index (χ0n) is 10.9. The predicted octanol–water partition coefficient (Wildman–Crippen LogP) is 2.17. The Hall–Kier alpha value is -1.50. The van der Waals surface area contributed by atoms with Gasteiger partial charge in [-0.15, -0.1) is 0 Å². The largest absolute Gasteiger partial charge is 0.467 e. The van der Waals surface area contributed by atoms with Crippen LogP contribution in [0.2, 0.25) is 0 Å². The smallest absolute Gasteiger partial charge is 0.406 e. The van der Waals surface area contributed by atoms with Crippen LogP contribution in [0.3, 0.4) is 0 Å². The minimum absolute atomic E-state index is 0.144. The summed E-state index contributed by atoms with van der Waals surface area (Å²) in [7, 11) is 0. The monoisotopic (exact) mass is 290 g/mol. The van der Waals surface area contributed by atoms with Gasteiger partial charge >= 0.3 is 6.18 Å². The number of hydrogen-bond acceptors (Lipinski definition) is 3. The molecule has 1 fully saturated rings. The van der Waals surface area contributed by atoms with Gasteiger partial charge in [-0.25, -0.2) is 0 Å². The Bertz CT molecular complexity index is 425. The molecule has 2 heterocycles. The highest BCUT2D eigenvalue weighted by Crippen LogP contribution is 2.22. The van der Waals surface area contributed by atoms with Crippen molar-refractivity contribution in [3.8, 4) is 0 Å². The summed E-state index contributed by atoms with van der Waals surface area (Å²) in [6.45, 7) is -0.0558. The Morgan fingerprint density at radius 3 is 2.65 bits per heavy atom. The van der Waals surface area contributed by atoms with Crippen LogP contribution in [0.4, 0.5) is 13.2 Å². The van der Waals surface area contributed by atoms with Crippen molar-refractivity contribution < 1.29 is 22.4 Å². The Labute approximate surface area is 114 Å². The summed E-state index contributed by atoms with van der Waals surface area (Å²) < 4.78 is 42.9. The third-order valence-electron chi connectivity index (χ3n) is 3.30. The van der Waals surface area contributed by atoms with E-state index in [1.54, 1.807) is 12.1 Å². The highest BCUT2D eigenvalue weighted by molar-refractivity contribution is 5.79. The number of nitrogens with one attached hydrogen (secondary N) is 1. The number of piperidine rings is 1. The number of carbonyl (C=O) groups is 1. The number of alkyl halides is 3. The second-order valence-electron chi connectivity index (χ2n) is 4.91. The van der Waals surface area contributed by atoms with Crippen molar-refractivity contribution in [2.24, 2.45) is 5.92 Å². The van der Waals surface area contributed by atoms with Crippen LogP contribution in [0.25, 0.3) is 0 Å². The lowest BCUT2D eigenvalue weighted by molar-refractivity contribution is -0.166. The molecule has 0 spiro atoms. The van der Waals surface area contributed by atoms with Crippen LogP contribution in [0.5, 0.6) is 0 Å². The van der Waals surface area contributed by atoms with Crippen LogP contribution in [0.15, 0.2) is 22.8 Å². The molecule has 112 valence electrons. The van der Waals surface area contributed by atoms with Crippen molar-refractivity contribution in [1.29, 1.82) is 0 Å². The molecular weight excluding hydrogens is 273 g/mol. The predicted molar refractivity (Wildman–Crippen MR) is 65.8 cm³/mol. The van der Waals surface area contributed by atoms with Crippen molar-refractivity contribution in [1.82, 2.24) is 10.2 Å². The van der Waals surface area contributed by atoms with Crippen LogP contribution < -0.4 is 5.32 Å². The van der Waals surface area contributed by atoms with Gasteiger partial charge in [0.05, 0.1) is 12.8 Å². The molecular formula is C13H17F3N2O2. The second kappa shape index (κ2) is 6.30. The average Bonchev–Trinajstić information content (AvgIpc) is 2.89. The fourth-order valence-electron chi connectivity index (χ4n) is 2.35. The number of amides is 1. The van der Waals surface area contributed by atoms with Crippen LogP contribution in [0, 0.1) is 5.92 Å². The quantitative estimate of drug-likeness (QED) is 0.924. The summed E-state index contributed by atoms with van der Waals surface area (Å²) in [4.78, 5) is 13.1. The molecule has 1 aromatic heterocycles. The number of hydrogen-bond donors (Lipinski definition) is 1. The number of carbonyl (C=O) groups excluding carboxylic acids is 1. The van der Waals surface area contributed by atoms with E-state index in [1.165, 1.54) is 6.26 Å². The van der Waals surface area contributed by atoms with Gasteiger partial charge in [-0.2, -0.15) is 13.2 Å². The Balaban J connectivity index is 2.06.